The summed E-state index contributed by atoms with van der Waals surface area (Å²) in [4.78, 5) is 29.8. The topological polar surface area (TPSA) is 40.6 Å². The zero-order valence-electron chi connectivity index (χ0n) is 15.1. The molecule has 0 spiro atoms. The Kier molecular flexibility index (Phi) is 6.40. The van der Waals surface area contributed by atoms with E-state index in [0.29, 0.717) is 19.6 Å². The van der Waals surface area contributed by atoms with E-state index in [1.54, 1.807) is 39.3 Å². The fourth-order valence-electron chi connectivity index (χ4n) is 2.87. The lowest BCUT2D eigenvalue weighted by molar-refractivity contribution is -0.141. The molecule has 1 fully saturated rings. The molecule has 0 atom stereocenters. The maximum absolute atomic E-state index is 13.2. The third-order valence-electron chi connectivity index (χ3n) is 4.48. The molecule has 0 aliphatic heterocycles. The van der Waals surface area contributed by atoms with E-state index in [1.807, 2.05) is 17.5 Å². The Labute approximate surface area is 162 Å². The molecule has 0 bridgehead atoms. The van der Waals surface area contributed by atoms with E-state index in [2.05, 4.69) is 6.58 Å². The van der Waals surface area contributed by atoms with Gasteiger partial charge in [0.2, 0.25) is 11.8 Å². The lowest BCUT2D eigenvalue weighted by atomic mass is 10.2. The van der Waals surface area contributed by atoms with Gasteiger partial charge in [-0.15, -0.1) is 17.9 Å². The molecule has 0 radical (unpaired) electrons. The molecule has 1 saturated carbocycles. The monoisotopic (exact) mass is 386 g/mol. The van der Waals surface area contributed by atoms with Crippen LogP contribution in [0, 0.1) is 11.7 Å². The van der Waals surface area contributed by atoms with E-state index in [0.717, 1.165) is 23.3 Å². The predicted octanol–water partition coefficient (Wildman–Crippen LogP) is 3.84. The van der Waals surface area contributed by atoms with Gasteiger partial charge in [0.05, 0.1) is 6.54 Å². The summed E-state index contributed by atoms with van der Waals surface area (Å²) < 4.78 is 13.2. The van der Waals surface area contributed by atoms with Gasteiger partial charge in [-0.1, -0.05) is 24.3 Å². The molecule has 4 nitrogen and oxygen atoms in total. The summed E-state index contributed by atoms with van der Waals surface area (Å²) in [5, 5.41) is 1.97. The lowest BCUT2D eigenvalue weighted by Gasteiger charge is -2.27. The number of amides is 2. The van der Waals surface area contributed by atoms with Crippen LogP contribution in [0.15, 0.2) is 54.4 Å². The van der Waals surface area contributed by atoms with Crippen molar-refractivity contribution >= 4 is 23.2 Å². The summed E-state index contributed by atoms with van der Waals surface area (Å²) in [5.41, 5.74) is 0.852. The molecule has 0 unspecified atom stereocenters. The van der Waals surface area contributed by atoms with Gasteiger partial charge in [-0.2, -0.15) is 0 Å². The van der Waals surface area contributed by atoms with E-state index >= 15 is 0 Å². The first-order valence-corrected chi connectivity index (χ1v) is 9.89. The zero-order valence-corrected chi connectivity index (χ0v) is 16.0. The highest BCUT2D eigenvalue weighted by molar-refractivity contribution is 7.09. The Hall–Kier alpha value is -2.47. The number of hydrogen-bond acceptors (Lipinski definition) is 3. The Morgan fingerprint density at radius 2 is 1.89 bits per heavy atom. The standard InChI is InChI=1S/C21H23FN2O2S/c1-2-11-23(21(26)17-7-8-17)15-20(25)24(14-19-4-3-12-27-19)13-16-5-9-18(22)10-6-16/h2-6,9-10,12,17H,1,7-8,11,13-15H2. The van der Waals surface area contributed by atoms with Crippen LogP contribution in [0.5, 0.6) is 0 Å². The molecule has 2 amide bonds. The fraction of sp³-hybridized carbons (Fsp3) is 0.333. The van der Waals surface area contributed by atoms with E-state index < -0.39 is 0 Å². The van der Waals surface area contributed by atoms with Crippen LogP contribution in [0.2, 0.25) is 0 Å². The van der Waals surface area contributed by atoms with Crippen LogP contribution >= 0.6 is 11.3 Å². The van der Waals surface area contributed by atoms with E-state index in [4.69, 9.17) is 0 Å². The van der Waals surface area contributed by atoms with Crippen molar-refractivity contribution in [2.75, 3.05) is 13.1 Å². The molecule has 142 valence electrons. The average Bonchev–Trinajstić information content (AvgIpc) is 3.39. The summed E-state index contributed by atoms with van der Waals surface area (Å²) >= 11 is 1.58. The second-order valence-corrected chi connectivity index (χ2v) is 7.77. The van der Waals surface area contributed by atoms with Gasteiger partial charge in [-0.05, 0) is 42.0 Å². The molecular weight excluding hydrogens is 363 g/mol. The number of hydrogen-bond donors (Lipinski definition) is 0. The summed E-state index contributed by atoms with van der Waals surface area (Å²) in [6, 6.07) is 10.1. The first-order chi connectivity index (χ1) is 13.1. The number of thiophene rings is 1. The SMILES string of the molecule is C=CCN(CC(=O)N(Cc1ccc(F)cc1)Cc1cccs1)C(=O)C1CC1. The number of carbonyl (C=O) groups is 2. The first-order valence-electron chi connectivity index (χ1n) is 9.01. The van der Waals surface area contributed by atoms with E-state index in [-0.39, 0.29) is 30.1 Å². The minimum Gasteiger partial charge on any atom is -0.332 e. The van der Waals surface area contributed by atoms with E-state index in [1.165, 1.54) is 12.1 Å². The number of rotatable bonds is 9. The first kappa shape index (κ1) is 19.3. The molecule has 27 heavy (non-hydrogen) atoms. The third kappa shape index (κ3) is 5.50. The molecule has 1 aromatic carbocycles. The summed E-state index contributed by atoms with van der Waals surface area (Å²) in [6.07, 6.45) is 3.45. The van der Waals surface area contributed by atoms with E-state index in [9.17, 15) is 14.0 Å². The second-order valence-electron chi connectivity index (χ2n) is 6.74. The second kappa shape index (κ2) is 8.95. The van der Waals surface area contributed by atoms with Gasteiger partial charge in [0.15, 0.2) is 0 Å². The van der Waals surface area contributed by atoms with Crippen LogP contribution in [0.4, 0.5) is 4.39 Å². The highest BCUT2D eigenvalue weighted by atomic mass is 32.1. The molecule has 0 saturated heterocycles. The van der Waals surface area contributed by atoms with Crippen molar-refractivity contribution in [3.8, 4) is 0 Å². The van der Waals surface area contributed by atoms with Crippen LogP contribution in [0.25, 0.3) is 0 Å². The van der Waals surface area contributed by atoms with Gasteiger partial charge >= 0.3 is 0 Å². The van der Waals surface area contributed by atoms with Crippen LogP contribution in [0.3, 0.4) is 0 Å². The highest BCUT2D eigenvalue weighted by Gasteiger charge is 2.34. The van der Waals surface area contributed by atoms with Crippen LogP contribution in [-0.2, 0) is 22.7 Å². The predicted molar refractivity (Wildman–Crippen MR) is 104 cm³/mol. The Balaban J connectivity index is 1.73. The zero-order chi connectivity index (χ0) is 19.2. The average molecular weight is 386 g/mol. The Morgan fingerprint density at radius 3 is 2.48 bits per heavy atom. The quantitative estimate of drug-likeness (QED) is 0.615. The van der Waals surface area contributed by atoms with Crippen molar-refractivity contribution in [1.29, 1.82) is 0 Å². The van der Waals surface area contributed by atoms with Crippen molar-refractivity contribution in [3.63, 3.8) is 0 Å². The summed E-state index contributed by atoms with van der Waals surface area (Å²) in [7, 11) is 0. The Morgan fingerprint density at radius 1 is 1.15 bits per heavy atom. The minimum absolute atomic E-state index is 0.0288. The molecule has 1 aromatic heterocycles. The summed E-state index contributed by atoms with van der Waals surface area (Å²) in [5.74, 6) is -0.340. The van der Waals surface area contributed by atoms with Crippen LogP contribution in [-0.4, -0.2) is 34.7 Å². The number of benzene rings is 1. The van der Waals surface area contributed by atoms with Crippen molar-refractivity contribution < 1.29 is 14.0 Å². The van der Waals surface area contributed by atoms with Crippen molar-refractivity contribution in [2.24, 2.45) is 5.92 Å². The molecular formula is C21H23FN2O2S. The molecule has 1 aliphatic rings. The normalized spacial score (nSPS) is 13.2. The highest BCUT2D eigenvalue weighted by Crippen LogP contribution is 2.31. The lowest BCUT2D eigenvalue weighted by Crippen LogP contribution is -2.43. The van der Waals surface area contributed by atoms with Crippen molar-refractivity contribution in [3.05, 3.63) is 70.7 Å². The smallest absolute Gasteiger partial charge is 0.242 e. The molecule has 6 heteroatoms. The summed E-state index contributed by atoms with van der Waals surface area (Å²) in [6.45, 7) is 4.94. The van der Waals surface area contributed by atoms with Crippen molar-refractivity contribution in [2.45, 2.75) is 25.9 Å². The minimum atomic E-state index is -0.304. The fourth-order valence-corrected chi connectivity index (χ4v) is 3.59. The van der Waals surface area contributed by atoms with Crippen molar-refractivity contribution in [1.82, 2.24) is 9.80 Å². The number of halogens is 1. The van der Waals surface area contributed by atoms with Gasteiger partial charge in [0.25, 0.3) is 0 Å². The number of carbonyl (C=O) groups excluding carboxylic acids is 2. The molecule has 1 heterocycles. The van der Waals surface area contributed by atoms with Crippen LogP contribution < -0.4 is 0 Å². The number of nitrogens with zero attached hydrogens (tertiary/aromatic N) is 2. The molecule has 3 rings (SSSR count). The maximum atomic E-state index is 13.2. The van der Waals surface area contributed by atoms with Crippen LogP contribution in [0.1, 0.15) is 23.3 Å². The third-order valence-corrected chi connectivity index (χ3v) is 5.34. The molecule has 2 aromatic rings. The van der Waals surface area contributed by atoms with Gasteiger partial charge < -0.3 is 9.80 Å². The maximum Gasteiger partial charge on any atom is 0.242 e. The molecule has 0 N–H and O–H groups in total. The van der Waals surface area contributed by atoms with Gasteiger partial charge in [-0.25, -0.2) is 4.39 Å². The molecule has 1 aliphatic carbocycles. The van der Waals surface area contributed by atoms with Gasteiger partial charge in [-0.3, -0.25) is 9.59 Å². The Bertz CT molecular complexity index is 785. The van der Waals surface area contributed by atoms with Gasteiger partial charge in [0, 0.05) is 23.9 Å². The van der Waals surface area contributed by atoms with Gasteiger partial charge in [0.1, 0.15) is 12.4 Å². The largest absolute Gasteiger partial charge is 0.332 e.